The lowest BCUT2D eigenvalue weighted by molar-refractivity contribution is -0.125. The van der Waals surface area contributed by atoms with Gasteiger partial charge >= 0.3 is 0 Å². The van der Waals surface area contributed by atoms with Gasteiger partial charge in [-0.15, -0.1) is 0 Å². The molecule has 1 fully saturated rings. The number of carbonyl (C=O) groups is 2. The van der Waals surface area contributed by atoms with Crippen molar-refractivity contribution in [3.8, 4) is 5.75 Å². The van der Waals surface area contributed by atoms with E-state index in [1.54, 1.807) is 6.07 Å². The van der Waals surface area contributed by atoms with Gasteiger partial charge in [0, 0.05) is 43.0 Å². The van der Waals surface area contributed by atoms with Crippen molar-refractivity contribution in [1.29, 1.82) is 0 Å². The fourth-order valence-electron chi connectivity index (χ4n) is 4.16. The van der Waals surface area contributed by atoms with Crippen molar-refractivity contribution >= 4 is 34.2 Å². The highest BCUT2D eigenvalue weighted by Crippen LogP contribution is 2.27. The Kier molecular flexibility index (Phi) is 7.07. The van der Waals surface area contributed by atoms with Crippen LogP contribution < -0.4 is 15.5 Å². The van der Waals surface area contributed by atoms with Crippen LogP contribution in [0.5, 0.6) is 5.75 Å². The minimum atomic E-state index is -0.0253. The molecule has 172 valence electrons. The summed E-state index contributed by atoms with van der Waals surface area (Å²) in [6.07, 6.45) is 2.84. The van der Waals surface area contributed by atoms with Crippen molar-refractivity contribution in [2.75, 3.05) is 23.3 Å². The number of nitrogens with one attached hydrogen (secondary N) is 2. The smallest absolute Gasteiger partial charge is 0.224 e. The van der Waals surface area contributed by atoms with Crippen LogP contribution in [0.3, 0.4) is 0 Å². The molecule has 7 nitrogen and oxygen atoms in total. The number of phenols is 1. The predicted octanol–water partition coefficient (Wildman–Crippen LogP) is 4.21. The van der Waals surface area contributed by atoms with Gasteiger partial charge < -0.3 is 20.6 Å². The van der Waals surface area contributed by atoms with E-state index in [0.717, 1.165) is 54.8 Å². The third-order valence-corrected chi connectivity index (χ3v) is 6.06. The Bertz CT molecular complexity index is 1120. The first-order valence-corrected chi connectivity index (χ1v) is 11.5. The summed E-state index contributed by atoms with van der Waals surface area (Å²) >= 11 is 0. The van der Waals surface area contributed by atoms with Crippen LogP contribution in [0, 0.1) is 5.92 Å². The number of aromatic hydroxyl groups is 1. The molecule has 0 spiro atoms. The van der Waals surface area contributed by atoms with Crippen molar-refractivity contribution in [3.63, 3.8) is 0 Å². The Labute approximate surface area is 193 Å². The lowest BCUT2D eigenvalue weighted by atomic mass is 9.95. The molecule has 7 heteroatoms. The summed E-state index contributed by atoms with van der Waals surface area (Å²) in [7, 11) is 0. The number of fused-ring (bicyclic) bond motifs is 1. The second-order valence-electron chi connectivity index (χ2n) is 8.49. The average molecular weight is 447 g/mol. The van der Waals surface area contributed by atoms with Gasteiger partial charge in [-0.1, -0.05) is 31.2 Å². The van der Waals surface area contributed by atoms with E-state index < -0.39 is 0 Å². The number of anilines is 2. The van der Waals surface area contributed by atoms with E-state index in [1.807, 2.05) is 55.5 Å². The first kappa shape index (κ1) is 22.6. The van der Waals surface area contributed by atoms with Crippen LogP contribution in [0.25, 0.3) is 10.9 Å². The molecule has 2 aromatic carbocycles. The van der Waals surface area contributed by atoms with E-state index >= 15 is 0 Å². The maximum atomic E-state index is 12.7. The summed E-state index contributed by atoms with van der Waals surface area (Å²) in [4.78, 5) is 31.2. The molecule has 1 saturated heterocycles. The molecule has 2 heterocycles. The van der Waals surface area contributed by atoms with Crippen LogP contribution in [0.15, 0.2) is 54.6 Å². The molecular formula is C26H30N4O3. The van der Waals surface area contributed by atoms with Crippen molar-refractivity contribution in [2.45, 2.75) is 39.2 Å². The molecule has 0 unspecified atom stereocenters. The average Bonchev–Trinajstić information content (AvgIpc) is 2.84. The summed E-state index contributed by atoms with van der Waals surface area (Å²) in [5.74, 6) is 1.07. The van der Waals surface area contributed by atoms with Crippen LogP contribution in [-0.4, -0.2) is 35.0 Å². The minimum Gasteiger partial charge on any atom is -0.506 e. The summed E-state index contributed by atoms with van der Waals surface area (Å²) in [5.41, 5.74) is 2.37. The molecule has 4 rings (SSSR count). The first-order valence-electron chi connectivity index (χ1n) is 11.5. The normalized spacial score (nSPS) is 14.3. The molecule has 0 aliphatic carbocycles. The van der Waals surface area contributed by atoms with Gasteiger partial charge in [-0.2, -0.15) is 0 Å². The number of amides is 2. The Morgan fingerprint density at radius 1 is 1.06 bits per heavy atom. The summed E-state index contributed by atoms with van der Waals surface area (Å²) in [5, 5.41) is 16.9. The molecule has 3 aromatic rings. The molecule has 3 N–H and O–H groups in total. The topological polar surface area (TPSA) is 94.6 Å². The summed E-state index contributed by atoms with van der Waals surface area (Å²) < 4.78 is 0. The third-order valence-electron chi connectivity index (χ3n) is 6.06. The van der Waals surface area contributed by atoms with E-state index in [1.165, 1.54) is 0 Å². The van der Waals surface area contributed by atoms with Gasteiger partial charge in [0.2, 0.25) is 11.8 Å². The lowest BCUT2D eigenvalue weighted by Crippen LogP contribution is -2.40. The SMILES string of the molecule is CCCC(=O)Nc1ccc(CNC(=O)C2CCN(c3ccc4cccc(O)c4n3)CC2)cc1. The molecule has 2 amide bonds. The quantitative estimate of drug-likeness (QED) is 0.505. The highest BCUT2D eigenvalue weighted by molar-refractivity contribution is 5.90. The fraction of sp³-hybridized carbons (Fsp3) is 0.346. The van der Waals surface area contributed by atoms with Crippen molar-refractivity contribution in [2.24, 2.45) is 5.92 Å². The maximum Gasteiger partial charge on any atom is 0.224 e. The second-order valence-corrected chi connectivity index (χ2v) is 8.49. The monoisotopic (exact) mass is 446 g/mol. The zero-order valence-corrected chi connectivity index (χ0v) is 18.9. The molecule has 0 radical (unpaired) electrons. The van der Waals surface area contributed by atoms with Gasteiger partial charge in [0.1, 0.15) is 17.1 Å². The van der Waals surface area contributed by atoms with Crippen LogP contribution >= 0.6 is 0 Å². The van der Waals surface area contributed by atoms with Crippen LogP contribution in [0.2, 0.25) is 0 Å². The van der Waals surface area contributed by atoms with Crippen LogP contribution in [0.4, 0.5) is 11.5 Å². The maximum absolute atomic E-state index is 12.7. The lowest BCUT2D eigenvalue weighted by Gasteiger charge is -2.32. The number of nitrogens with zero attached hydrogens (tertiary/aromatic N) is 2. The Morgan fingerprint density at radius 3 is 2.55 bits per heavy atom. The van der Waals surface area contributed by atoms with E-state index in [-0.39, 0.29) is 23.5 Å². The standard InChI is InChI=1S/C26H30N4O3/c1-2-4-24(32)28-21-10-7-18(8-11-21)17-27-26(33)20-13-15-30(16-14-20)23-12-9-19-5-3-6-22(31)25(19)29-23/h3,5-12,20,31H,2,4,13-17H2,1H3,(H,27,33)(H,28,32). The molecular weight excluding hydrogens is 416 g/mol. The third kappa shape index (κ3) is 5.61. The summed E-state index contributed by atoms with van der Waals surface area (Å²) in [6, 6.07) is 16.9. The fourth-order valence-corrected chi connectivity index (χ4v) is 4.16. The van der Waals surface area contributed by atoms with Gasteiger partial charge in [-0.25, -0.2) is 4.98 Å². The molecule has 33 heavy (non-hydrogen) atoms. The number of rotatable bonds is 7. The minimum absolute atomic E-state index is 0.0144. The number of phenolic OH excluding ortho intramolecular Hbond substituents is 1. The second kappa shape index (κ2) is 10.3. The number of carbonyl (C=O) groups excluding carboxylic acids is 2. The van der Waals surface area contributed by atoms with Crippen molar-refractivity contribution < 1.29 is 14.7 Å². The zero-order valence-electron chi connectivity index (χ0n) is 18.9. The van der Waals surface area contributed by atoms with Crippen molar-refractivity contribution in [1.82, 2.24) is 10.3 Å². The summed E-state index contributed by atoms with van der Waals surface area (Å²) in [6.45, 7) is 3.93. The van der Waals surface area contributed by atoms with Gasteiger partial charge in [0.15, 0.2) is 0 Å². The Morgan fingerprint density at radius 2 is 1.82 bits per heavy atom. The molecule has 1 aromatic heterocycles. The number of benzene rings is 2. The van der Waals surface area contributed by atoms with E-state index in [0.29, 0.717) is 18.5 Å². The van der Waals surface area contributed by atoms with Gasteiger partial charge in [0.05, 0.1) is 0 Å². The van der Waals surface area contributed by atoms with Gasteiger partial charge in [-0.05, 0) is 55.2 Å². The number of aromatic nitrogens is 1. The van der Waals surface area contributed by atoms with Crippen LogP contribution in [-0.2, 0) is 16.1 Å². The van der Waals surface area contributed by atoms with Gasteiger partial charge in [-0.3, -0.25) is 9.59 Å². The number of para-hydroxylation sites is 1. The number of hydrogen-bond acceptors (Lipinski definition) is 5. The number of piperidine rings is 1. The molecule has 0 saturated carbocycles. The highest BCUT2D eigenvalue weighted by Gasteiger charge is 2.25. The highest BCUT2D eigenvalue weighted by atomic mass is 16.3. The Balaban J connectivity index is 1.26. The molecule has 0 atom stereocenters. The Hall–Kier alpha value is -3.61. The van der Waals surface area contributed by atoms with Gasteiger partial charge in [0.25, 0.3) is 0 Å². The largest absolute Gasteiger partial charge is 0.506 e. The van der Waals surface area contributed by atoms with Crippen LogP contribution in [0.1, 0.15) is 38.2 Å². The number of hydrogen-bond donors (Lipinski definition) is 3. The van der Waals surface area contributed by atoms with E-state index in [9.17, 15) is 14.7 Å². The molecule has 1 aliphatic rings. The predicted molar refractivity (Wildman–Crippen MR) is 130 cm³/mol. The first-order chi connectivity index (χ1) is 16.0. The molecule has 1 aliphatic heterocycles. The number of pyridine rings is 1. The molecule has 0 bridgehead atoms. The van der Waals surface area contributed by atoms with Crippen molar-refractivity contribution in [3.05, 3.63) is 60.2 Å². The van der Waals surface area contributed by atoms with E-state index in [2.05, 4.69) is 20.5 Å². The van der Waals surface area contributed by atoms with E-state index in [4.69, 9.17) is 0 Å². The zero-order chi connectivity index (χ0) is 23.2.